The van der Waals surface area contributed by atoms with Gasteiger partial charge in [0.15, 0.2) is 23.1 Å². The van der Waals surface area contributed by atoms with Gasteiger partial charge in [0.25, 0.3) is 0 Å². The molecule has 0 radical (unpaired) electrons. The van der Waals surface area contributed by atoms with Crippen molar-refractivity contribution in [1.29, 1.82) is 0 Å². The Morgan fingerprint density at radius 1 is 0.526 bits per heavy atom. The lowest BCUT2D eigenvalue weighted by atomic mass is 9.41. The monoisotopic (exact) mass is 568 g/mol. The Morgan fingerprint density at radius 3 is 1.21 bits per heavy atom. The van der Waals surface area contributed by atoms with E-state index in [1.54, 1.807) is 0 Å². The van der Waals surface area contributed by atoms with Crippen LogP contribution in [0.2, 0.25) is 0 Å². The zero-order valence-electron chi connectivity index (χ0n) is 25.0. The van der Waals surface area contributed by atoms with Gasteiger partial charge in [-0.25, -0.2) is 0 Å². The molecule has 8 aliphatic heterocycles. The standard InChI is InChI=1S/C30H50O6P2/c1-18-10-11-19(29(16-37)21(2)12-25(6)32-22(29,3)13-26(7,31-21)35-25)20(18)30(17-38)23(4)14-27(8)34-24(30,5)15-28(9,33-23)36-27/h18-20H,10-17,37-38H2,1-9H3. The van der Waals surface area contributed by atoms with Crippen molar-refractivity contribution in [3.63, 3.8) is 0 Å². The van der Waals surface area contributed by atoms with E-state index in [0.29, 0.717) is 17.8 Å². The second kappa shape index (κ2) is 7.21. The molecule has 0 amide bonds. The molecule has 0 spiro atoms. The largest absolute Gasteiger partial charge is 0.343 e. The van der Waals surface area contributed by atoms with Gasteiger partial charge < -0.3 is 28.4 Å². The van der Waals surface area contributed by atoms with Gasteiger partial charge in [-0.2, -0.15) is 0 Å². The maximum Gasteiger partial charge on any atom is 0.172 e. The summed E-state index contributed by atoms with van der Waals surface area (Å²) in [6.45, 7) is 20.5. The molecule has 216 valence electrons. The normalized spacial score (nSPS) is 68.1. The van der Waals surface area contributed by atoms with Crippen LogP contribution in [0.5, 0.6) is 0 Å². The first-order chi connectivity index (χ1) is 17.3. The molecular weight excluding hydrogens is 518 g/mol. The third-order valence-electron chi connectivity index (χ3n) is 12.9. The predicted octanol–water partition coefficient (Wildman–Crippen LogP) is 6.01. The molecule has 8 heterocycles. The molecule has 0 aromatic heterocycles. The molecule has 0 N–H and O–H groups in total. The van der Waals surface area contributed by atoms with Crippen molar-refractivity contribution in [2.75, 3.05) is 12.3 Å². The van der Waals surface area contributed by atoms with E-state index in [-0.39, 0.29) is 33.2 Å². The highest BCUT2D eigenvalue weighted by Gasteiger charge is 2.84. The summed E-state index contributed by atoms with van der Waals surface area (Å²) in [5, 5.41) is 0. The van der Waals surface area contributed by atoms with Crippen molar-refractivity contribution in [3.8, 4) is 0 Å². The fourth-order valence-corrected chi connectivity index (χ4v) is 15.4. The lowest BCUT2D eigenvalue weighted by Gasteiger charge is -2.79. The van der Waals surface area contributed by atoms with Gasteiger partial charge in [-0.3, -0.25) is 0 Å². The van der Waals surface area contributed by atoms with E-state index < -0.39 is 23.1 Å². The average molecular weight is 569 g/mol. The summed E-state index contributed by atoms with van der Waals surface area (Å²) in [6, 6.07) is 0. The van der Waals surface area contributed by atoms with Gasteiger partial charge in [0.2, 0.25) is 0 Å². The Labute approximate surface area is 234 Å². The zero-order chi connectivity index (χ0) is 27.6. The van der Waals surface area contributed by atoms with Gasteiger partial charge in [-0.05, 0) is 91.9 Å². The van der Waals surface area contributed by atoms with Crippen LogP contribution in [0.4, 0.5) is 0 Å². The Bertz CT molecular complexity index is 989. The molecule has 38 heavy (non-hydrogen) atoms. The first-order valence-corrected chi connectivity index (χ1v) is 16.6. The highest BCUT2D eigenvalue weighted by atomic mass is 31.0. The van der Waals surface area contributed by atoms with E-state index in [0.717, 1.165) is 44.4 Å². The molecular formula is C30H50O6P2. The second-order valence-corrected chi connectivity index (χ2v) is 16.6. The average Bonchev–Trinajstić information content (AvgIpc) is 3.04. The third kappa shape index (κ3) is 2.85. The van der Waals surface area contributed by atoms with Gasteiger partial charge in [0, 0.05) is 36.5 Å². The summed E-state index contributed by atoms with van der Waals surface area (Å²) in [7, 11) is 6.31. The molecule has 9 fully saturated rings. The van der Waals surface area contributed by atoms with Crippen molar-refractivity contribution in [3.05, 3.63) is 0 Å². The van der Waals surface area contributed by atoms with E-state index in [1.807, 2.05) is 0 Å². The maximum atomic E-state index is 7.10. The topological polar surface area (TPSA) is 55.4 Å². The Hall–Kier alpha value is 0.620. The molecule has 9 rings (SSSR count). The highest BCUT2D eigenvalue weighted by molar-refractivity contribution is 7.16. The number of hydrogen-bond donors (Lipinski definition) is 0. The third-order valence-corrected chi connectivity index (χ3v) is 14.2. The molecule has 13 unspecified atom stereocenters. The quantitative estimate of drug-likeness (QED) is 0.387. The highest BCUT2D eigenvalue weighted by Crippen LogP contribution is 2.78. The van der Waals surface area contributed by atoms with Crippen LogP contribution < -0.4 is 0 Å². The van der Waals surface area contributed by atoms with E-state index in [2.05, 4.69) is 80.8 Å². The van der Waals surface area contributed by atoms with Crippen molar-refractivity contribution >= 4 is 18.5 Å². The maximum absolute atomic E-state index is 7.10. The van der Waals surface area contributed by atoms with Crippen LogP contribution in [0.3, 0.4) is 0 Å². The van der Waals surface area contributed by atoms with E-state index in [1.165, 1.54) is 6.42 Å². The van der Waals surface area contributed by atoms with Crippen LogP contribution in [0.1, 0.15) is 101 Å². The van der Waals surface area contributed by atoms with Crippen molar-refractivity contribution in [1.82, 2.24) is 0 Å². The second-order valence-electron chi connectivity index (χ2n) is 15.8. The molecule has 1 aliphatic carbocycles. The van der Waals surface area contributed by atoms with Crippen LogP contribution >= 0.6 is 18.5 Å². The summed E-state index contributed by atoms with van der Waals surface area (Å²) in [6.07, 6.45) is 7.20. The van der Waals surface area contributed by atoms with Gasteiger partial charge in [0.05, 0.1) is 22.4 Å². The van der Waals surface area contributed by atoms with Crippen molar-refractivity contribution < 1.29 is 28.4 Å². The zero-order valence-corrected chi connectivity index (χ0v) is 27.3. The lowest BCUT2D eigenvalue weighted by molar-refractivity contribution is -0.560. The van der Waals surface area contributed by atoms with Crippen LogP contribution in [-0.4, -0.2) is 57.9 Å². The molecule has 8 heteroatoms. The van der Waals surface area contributed by atoms with Crippen molar-refractivity contribution in [2.24, 2.45) is 28.6 Å². The molecule has 0 aromatic rings. The first-order valence-electron chi connectivity index (χ1n) is 14.9. The fraction of sp³-hybridized carbons (Fsp3) is 1.00. The minimum absolute atomic E-state index is 0.193. The molecule has 9 aliphatic rings. The summed E-state index contributed by atoms with van der Waals surface area (Å²) in [5.74, 6) is -1.20. The molecule has 1 saturated carbocycles. The van der Waals surface area contributed by atoms with Crippen molar-refractivity contribution in [2.45, 2.75) is 146 Å². The van der Waals surface area contributed by atoms with Crippen LogP contribution in [0, 0.1) is 28.6 Å². The number of rotatable bonds is 4. The molecule has 8 saturated heterocycles. The number of ether oxygens (including phenoxy) is 6. The van der Waals surface area contributed by atoms with Gasteiger partial charge in [-0.15, -0.1) is 18.5 Å². The van der Waals surface area contributed by atoms with E-state index in [9.17, 15) is 0 Å². The Kier molecular flexibility index (Phi) is 5.21. The predicted molar refractivity (Wildman–Crippen MR) is 152 cm³/mol. The summed E-state index contributed by atoms with van der Waals surface area (Å²) >= 11 is 0. The summed E-state index contributed by atoms with van der Waals surface area (Å²) < 4.78 is 41.3. The molecule has 13 atom stereocenters. The smallest absolute Gasteiger partial charge is 0.172 e. The fourth-order valence-electron chi connectivity index (χ4n) is 13.1. The lowest BCUT2D eigenvalue weighted by Crippen LogP contribution is -2.86. The van der Waals surface area contributed by atoms with Gasteiger partial charge in [-0.1, -0.05) is 13.3 Å². The SMILES string of the molecule is CC1CCC(C2(CP)C3(C)CC4(C)OC(C)(CC2(C)O4)O3)C1C1(CP)C2(C)CC3(C)OC(C)(CC1(C)O3)O2. The minimum Gasteiger partial charge on any atom is -0.343 e. The minimum atomic E-state index is -0.624. The summed E-state index contributed by atoms with van der Waals surface area (Å²) in [5.41, 5.74) is -1.88. The molecule has 8 bridgehead atoms. The molecule has 6 nitrogen and oxygen atoms in total. The Morgan fingerprint density at radius 2 is 0.868 bits per heavy atom. The van der Waals surface area contributed by atoms with E-state index >= 15 is 0 Å². The Balaban J connectivity index is 1.42. The summed E-state index contributed by atoms with van der Waals surface area (Å²) in [4.78, 5) is 0. The molecule has 0 aromatic carbocycles. The van der Waals surface area contributed by atoms with Crippen LogP contribution in [0.15, 0.2) is 0 Å². The van der Waals surface area contributed by atoms with E-state index in [4.69, 9.17) is 28.4 Å². The van der Waals surface area contributed by atoms with Crippen LogP contribution in [0.25, 0.3) is 0 Å². The first kappa shape index (κ1) is 27.5. The van der Waals surface area contributed by atoms with Gasteiger partial charge >= 0.3 is 0 Å². The number of hydrogen-bond acceptors (Lipinski definition) is 6. The van der Waals surface area contributed by atoms with Crippen LogP contribution in [-0.2, 0) is 28.4 Å². The van der Waals surface area contributed by atoms with Gasteiger partial charge in [0.1, 0.15) is 0 Å².